The van der Waals surface area contributed by atoms with Crippen LogP contribution in [0.4, 0.5) is 0 Å². The highest BCUT2D eigenvalue weighted by Gasteiger charge is 1.98. The van der Waals surface area contributed by atoms with E-state index < -0.39 is 0 Å². The molecule has 0 aliphatic heterocycles. The Morgan fingerprint density at radius 1 is 0.724 bits per heavy atom. The third kappa shape index (κ3) is 21.0. The van der Waals surface area contributed by atoms with Gasteiger partial charge in [0.1, 0.15) is 0 Å². The van der Waals surface area contributed by atoms with E-state index >= 15 is 0 Å². The molecule has 0 spiro atoms. The highest BCUT2D eigenvalue weighted by atomic mass is 16.5. The Morgan fingerprint density at radius 2 is 1.14 bits per heavy atom. The second kappa shape index (κ2) is 21.1. The third-order valence-corrected chi connectivity index (χ3v) is 5.09. The largest absolute Gasteiger partial charge is 0.469 e. The summed E-state index contributed by atoms with van der Waals surface area (Å²) in [5.74, 6) is -0.0763. The van der Waals surface area contributed by atoms with E-state index in [1.807, 2.05) is 0 Å². The first-order chi connectivity index (χ1) is 14.1. The van der Waals surface area contributed by atoms with Gasteiger partial charge in [0.2, 0.25) is 0 Å². The van der Waals surface area contributed by atoms with Crippen LogP contribution in [0.3, 0.4) is 0 Å². The number of methoxy groups -OCH3 is 1. The minimum absolute atomic E-state index is 0.0763. The maximum Gasteiger partial charge on any atom is 0.305 e. The lowest BCUT2D eigenvalue weighted by Crippen LogP contribution is -1.98. The summed E-state index contributed by atoms with van der Waals surface area (Å²) in [6.07, 6.45) is 22.0. The normalized spacial score (nSPS) is 10.6. The molecule has 2 nitrogen and oxygen atoms in total. The maximum atomic E-state index is 10.9. The van der Waals surface area contributed by atoms with Gasteiger partial charge in [-0.15, -0.1) is 0 Å². The van der Waals surface area contributed by atoms with Crippen LogP contribution in [-0.4, -0.2) is 13.1 Å². The minimum atomic E-state index is -0.0763. The van der Waals surface area contributed by atoms with E-state index in [2.05, 4.69) is 61.9 Å². The molecule has 0 saturated carbocycles. The molecular weight excluding hydrogens is 356 g/mol. The lowest BCUT2D eigenvalue weighted by molar-refractivity contribution is -0.140. The summed E-state index contributed by atoms with van der Waals surface area (Å²) in [5.41, 5.74) is 2.66. The molecule has 0 amide bonds. The topological polar surface area (TPSA) is 26.3 Å². The van der Waals surface area contributed by atoms with E-state index in [1.54, 1.807) is 0 Å². The molecule has 0 fully saturated rings. The number of ether oxygens (including phenoxy) is 1. The number of rotatable bonds is 15. The average molecular weight is 403 g/mol. The first kappa shape index (κ1) is 27.4. The second-order valence-electron chi connectivity index (χ2n) is 8.07. The van der Waals surface area contributed by atoms with Crippen molar-refractivity contribution in [2.75, 3.05) is 7.11 Å². The van der Waals surface area contributed by atoms with Crippen LogP contribution < -0.4 is 0 Å². The van der Waals surface area contributed by atoms with E-state index in [9.17, 15) is 4.79 Å². The van der Waals surface area contributed by atoms with Crippen molar-refractivity contribution >= 4 is 5.97 Å². The molecule has 0 aliphatic carbocycles. The molecule has 1 aromatic rings. The summed E-state index contributed by atoms with van der Waals surface area (Å²) >= 11 is 0. The van der Waals surface area contributed by atoms with Gasteiger partial charge in [0.15, 0.2) is 0 Å². The zero-order valence-corrected chi connectivity index (χ0v) is 19.7. The fourth-order valence-electron chi connectivity index (χ4n) is 3.08. The van der Waals surface area contributed by atoms with Crippen molar-refractivity contribution in [1.82, 2.24) is 0 Å². The summed E-state index contributed by atoms with van der Waals surface area (Å²) in [5, 5.41) is 0. The molecule has 0 unspecified atom stereocenters. The van der Waals surface area contributed by atoms with Gasteiger partial charge in [-0.2, -0.15) is 0 Å². The Morgan fingerprint density at radius 3 is 1.59 bits per heavy atom. The quantitative estimate of drug-likeness (QED) is 0.167. The second-order valence-corrected chi connectivity index (χ2v) is 8.07. The van der Waals surface area contributed by atoms with Gasteiger partial charge in [0.05, 0.1) is 7.11 Å². The molecule has 1 rings (SSSR count). The number of carbonyl (C=O) groups is 1. The minimum Gasteiger partial charge on any atom is -0.469 e. The lowest BCUT2D eigenvalue weighted by Gasteiger charge is -2.00. The van der Waals surface area contributed by atoms with Gasteiger partial charge < -0.3 is 4.74 Å². The molecule has 0 aliphatic rings. The van der Waals surface area contributed by atoms with Crippen molar-refractivity contribution in [3.05, 3.63) is 47.5 Å². The molecule has 0 atom stereocenters. The van der Waals surface area contributed by atoms with E-state index in [4.69, 9.17) is 0 Å². The Kier molecular flexibility index (Phi) is 20.0. The number of hydrogen-bond acceptors (Lipinski definition) is 2. The molecule has 1 aromatic carbocycles. The zero-order chi connectivity index (χ0) is 21.6. The van der Waals surface area contributed by atoms with Gasteiger partial charge in [0.25, 0.3) is 0 Å². The summed E-state index contributed by atoms with van der Waals surface area (Å²) in [6, 6.07) is 8.48. The number of hydrogen-bond donors (Lipinski definition) is 0. The van der Waals surface area contributed by atoms with Crippen LogP contribution in [0.5, 0.6) is 0 Å². The molecular formula is C27H46O2. The summed E-state index contributed by atoms with van der Waals surface area (Å²) < 4.78 is 4.62. The van der Waals surface area contributed by atoms with Crippen LogP contribution in [0.25, 0.3) is 0 Å². The van der Waals surface area contributed by atoms with Crippen molar-refractivity contribution < 1.29 is 9.53 Å². The van der Waals surface area contributed by atoms with Gasteiger partial charge in [0, 0.05) is 6.42 Å². The molecule has 0 N–H and O–H groups in total. The third-order valence-electron chi connectivity index (χ3n) is 5.09. The van der Waals surface area contributed by atoms with Crippen LogP contribution in [0.2, 0.25) is 0 Å². The lowest BCUT2D eigenvalue weighted by atomic mass is 10.1. The summed E-state index contributed by atoms with van der Waals surface area (Å²) in [6.45, 7) is 6.46. The number of benzene rings is 1. The van der Waals surface area contributed by atoms with Gasteiger partial charge in [-0.25, -0.2) is 0 Å². The SMILES string of the molecule is CCCCCCCC/C=C\CCCCCCCC(=O)OC.Cc1ccc(C)cc1. The highest BCUT2D eigenvalue weighted by molar-refractivity contribution is 5.68. The Balaban J connectivity index is 0.000000807. The highest BCUT2D eigenvalue weighted by Crippen LogP contribution is 2.10. The molecule has 0 aromatic heterocycles. The van der Waals surface area contributed by atoms with Gasteiger partial charge in [-0.05, 0) is 46.0 Å². The van der Waals surface area contributed by atoms with Crippen molar-refractivity contribution in [3.8, 4) is 0 Å². The number of allylic oxidation sites excluding steroid dienone is 2. The summed E-state index contributed by atoms with van der Waals surface area (Å²) in [7, 11) is 1.46. The maximum absolute atomic E-state index is 10.9. The van der Waals surface area contributed by atoms with Crippen LogP contribution >= 0.6 is 0 Å². The van der Waals surface area contributed by atoms with Crippen LogP contribution in [0, 0.1) is 13.8 Å². The van der Waals surface area contributed by atoms with Crippen molar-refractivity contribution in [2.24, 2.45) is 0 Å². The molecule has 0 radical (unpaired) electrons. The van der Waals surface area contributed by atoms with E-state index in [0.29, 0.717) is 6.42 Å². The van der Waals surface area contributed by atoms with Gasteiger partial charge in [-0.1, -0.05) is 106 Å². The predicted octanol–water partition coefficient (Wildman–Crippen LogP) is 8.50. The average Bonchev–Trinajstić information content (AvgIpc) is 2.73. The van der Waals surface area contributed by atoms with Crippen LogP contribution in [0.1, 0.15) is 108 Å². The Labute approximate surface area is 181 Å². The molecule has 29 heavy (non-hydrogen) atoms. The van der Waals surface area contributed by atoms with E-state index in [-0.39, 0.29) is 5.97 Å². The molecule has 0 heterocycles. The van der Waals surface area contributed by atoms with Gasteiger partial charge in [-0.3, -0.25) is 4.79 Å². The smallest absolute Gasteiger partial charge is 0.305 e. The molecule has 2 heteroatoms. The van der Waals surface area contributed by atoms with Crippen molar-refractivity contribution in [1.29, 1.82) is 0 Å². The number of aryl methyl sites for hydroxylation is 2. The Bertz CT molecular complexity index is 481. The predicted molar refractivity (Wildman–Crippen MR) is 127 cm³/mol. The zero-order valence-electron chi connectivity index (χ0n) is 19.7. The summed E-state index contributed by atoms with van der Waals surface area (Å²) in [4.78, 5) is 10.9. The monoisotopic (exact) mass is 402 g/mol. The fraction of sp³-hybridized carbons (Fsp3) is 0.667. The fourth-order valence-corrected chi connectivity index (χ4v) is 3.08. The van der Waals surface area contributed by atoms with E-state index in [1.165, 1.54) is 88.9 Å². The molecule has 0 saturated heterocycles. The van der Waals surface area contributed by atoms with Crippen LogP contribution in [0.15, 0.2) is 36.4 Å². The Hall–Kier alpha value is -1.57. The standard InChI is InChI=1S/C19H36O2.C8H10/c1-3-4-5-6-7-8-9-10-11-12-13-14-15-16-17-18-19(20)21-2;1-7-3-5-8(2)6-4-7/h10-11H,3-9,12-18H2,1-2H3;3-6H,1-2H3/b11-10-;. The first-order valence-corrected chi connectivity index (χ1v) is 11.8. The van der Waals surface area contributed by atoms with Crippen molar-refractivity contribution in [3.63, 3.8) is 0 Å². The van der Waals surface area contributed by atoms with Crippen molar-refractivity contribution in [2.45, 2.75) is 111 Å². The molecule has 166 valence electrons. The van der Waals surface area contributed by atoms with Crippen LogP contribution in [-0.2, 0) is 9.53 Å². The number of unbranched alkanes of at least 4 members (excludes halogenated alkanes) is 11. The number of esters is 1. The van der Waals surface area contributed by atoms with E-state index in [0.717, 1.165) is 12.8 Å². The van der Waals surface area contributed by atoms with Gasteiger partial charge >= 0.3 is 5.97 Å². The number of carbonyl (C=O) groups excluding carboxylic acids is 1. The molecule has 0 bridgehead atoms. The first-order valence-electron chi connectivity index (χ1n) is 11.8.